The molecule has 0 aromatic heterocycles. The first-order valence-electron chi connectivity index (χ1n) is 14.5. The smallest absolute Gasteiger partial charge is 0.0938 e. The van der Waals surface area contributed by atoms with E-state index >= 15 is 0 Å². The standard InChI is InChI=1S/C40H30N2/c41-34-24-22-28-21-23-33-38-35(28)32(34)25-31(26-13-5-1-6-14-26)37(38)36(27-15-7-2-8-16-27)39(29-17-9-3-10-18-29)40(33,42)30-19-11-4-12-20-30/h1-20,22-25H,21,41-42H2. The van der Waals surface area contributed by atoms with Crippen LogP contribution >= 0.6 is 0 Å². The maximum absolute atomic E-state index is 7.94. The van der Waals surface area contributed by atoms with Gasteiger partial charge in [-0.1, -0.05) is 133 Å². The Hall–Kier alpha value is -5.18. The van der Waals surface area contributed by atoms with Crippen LogP contribution < -0.4 is 11.5 Å². The maximum Gasteiger partial charge on any atom is 0.0938 e. The number of anilines is 1. The van der Waals surface area contributed by atoms with Gasteiger partial charge in [-0.25, -0.2) is 0 Å². The Balaban J connectivity index is 1.66. The molecule has 0 radical (unpaired) electrons. The molecule has 0 saturated carbocycles. The summed E-state index contributed by atoms with van der Waals surface area (Å²) in [6.45, 7) is 0. The van der Waals surface area contributed by atoms with Crippen molar-refractivity contribution in [1.82, 2.24) is 0 Å². The third-order valence-corrected chi connectivity index (χ3v) is 8.98. The highest BCUT2D eigenvalue weighted by Crippen LogP contribution is 2.59. The largest absolute Gasteiger partial charge is 0.398 e. The van der Waals surface area contributed by atoms with Crippen molar-refractivity contribution < 1.29 is 0 Å². The normalized spacial score (nSPS) is 17.3. The first kappa shape index (κ1) is 24.6. The topological polar surface area (TPSA) is 52.0 Å². The fraction of sp³-hybridized carbons (Fsp3) is 0.0500. The SMILES string of the molecule is Nc1ccc2c3c4c(c(-c5ccccc5)cc13)C(c1ccccc1)=C(c1ccccc1)C(N)(c1ccccc1)C4=CC2. The van der Waals surface area contributed by atoms with Gasteiger partial charge in [-0.2, -0.15) is 0 Å². The fourth-order valence-corrected chi connectivity index (χ4v) is 7.15. The molecule has 2 nitrogen and oxygen atoms in total. The van der Waals surface area contributed by atoms with Gasteiger partial charge in [0.05, 0.1) is 5.54 Å². The first-order valence-corrected chi connectivity index (χ1v) is 14.5. The van der Waals surface area contributed by atoms with E-state index in [4.69, 9.17) is 11.5 Å². The molecular formula is C40H30N2. The summed E-state index contributed by atoms with van der Waals surface area (Å²) in [5, 5.41) is 2.30. The Morgan fingerprint density at radius 1 is 0.571 bits per heavy atom. The predicted molar refractivity (Wildman–Crippen MR) is 177 cm³/mol. The van der Waals surface area contributed by atoms with Crippen LogP contribution in [0.1, 0.15) is 33.4 Å². The molecule has 0 aliphatic heterocycles. The van der Waals surface area contributed by atoms with Gasteiger partial charge in [0.15, 0.2) is 0 Å². The molecule has 8 rings (SSSR count). The van der Waals surface area contributed by atoms with Crippen LogP contribution in [0.3, 0.4) is 0 Å². The van der Waals surface area contributed by atoms with Gasteiger partial charge < -0.3 is 11.5 Å². The van der Waals surface area contributed by atoms with E-state index < -0.39 is 5.54 Å². The van der Waals surface area contributed by atoms with Crippen LogP contribution in [0.15, 0.2) is 146 Å². The lowest BCUT2D eigenvalue weighted by Crippen LogP contribution is -2.43. The van der Waals surface area contributed by atoms with Crippen molar-refractivity contribution in [3.05, 3.63) is 179 Å². The zero-order valence-electron chi connectivity index (χ0n) is 23.2. The number of rotatable bonds is 4. The fourth-order valence-electron chi connectivity index (χ4n) is 7.15. The van der Waals surface area contributed by atoms with Crippen molar-refractivity contribution in [3.63, 3.8) is 0 Å². The molecule has 1 atom stereocenters. The van der Waals surface area contributed by atoms with Crippen LogP contribution in [0.25, 0.3) is 38.6 Å². The highest BCUT2D eigenvalue weighted by molar-refractivity contribution is 6.21. The molecular weight excluding hydrogens is 508 g/mol. The molecule has 0 bridgehead atoms. The van der Waals surface area contributed by atoms with Crippen molar-refractivity contribution in [3.8, 4) is 11.1 Å². The van der Waals surface area contributed by atoms with Crippen molar-refractivity contribution in [2.45, 2.75) is 12.0 Å². The quantitative estimate of drug-likeness (QED) is 0.220. The Kier molecular flexibility index (Phi) is 5.53. The minimum absolute atomic E-state index is 0.788. The number of hydrogen-bond acceptors (Lipinski definition) is 2. The summed E-state index contributed by atoms with van der Waals surface area (Å²) < 4.78 is 0. The number of hydrogen-bond donors (Lipinski definition) is 2. The van der Waals surface area contributed by atoms with Crippen LogP contribution in [0, 0.1) is 0 Å². The molecule has 0 fully saturated rings. The molecule has 200 valence electrons. The minimum Gasteiger partial charge on any atom is -0.398 e. The van der Waals surface area contributed by atoms with Gasteiger partial charge in [0.2, 0.25) is 0 Å². The molecule has 0 spiro atoms. The monoisotopic (exact) mass is 538 g/mol. The van der Waals surface area contributed by atoms with Gasteiger partial charge in [0.1, 0.15) is 0 Å². The lowest BCUT2D eigenvalue weighted by atomic mass is 9.61. The van der Waals surface area contributed by atoms with E-state index in [0.29, 0.717) is 0 Å². The number of nitrogen functional groups attached to an aromatic ring is 1. The lowest BCUT2D eigenvalue weighted by Gasteiger charge is -2.45. The highest BCUT2D eigenvalue weighted by Gasteiger charge is 2.46. The first-order chi connectivity index (χ1) is 20.7. The molecule has 2 heteroatoms. The van der Waals surface area contributed by atoms with E-state index in [1.807, 2.05) is 0 Å². The molecule has 6 aromatic rings. The summed E-state index contributed by atoms with van der Waals surface area (Å²) >= 11 is 0. The van der Waals surface area contributed by atoms with E-state index in [9.17, 15) is 0 Å². The zero-order valence-corrected chi connectivity index (χ0v) is 23.2. The van der Waals surface area contributed by atoms with Crippen molar-refractivity contribution in [2.75, 3.05) is 5.73 Å². The van der Waals surface area contributed by atoms with Crippen LogP contribution in [0.4, 0.5) is 5.69 Å². The van der Waals surface area contributed by atoms with Crippen molar-refractivity contribution >= 4 is 33.2 Å². The van der Waals surface area contributed by atoms with E-state index in [1.165, 1.54) is 22.1 Å². The second-order valence-electron chi connectivity index (χ2n) is 11.3. The number of benzene rings is 6. The summed E-state index contributed by atoms with van der Waals surface area (Å²) in [5.74, 6) is 0. The van der Waals surface area contributed by atoms with E-state index in [-0.39, 0.29) is 0 Å². The van der Waals surface area contributed by atoms with Crippen molar-refractivity contribution in [2.24, 2.45) is 5.73 Å². The Bertz CT molecular complexity index is 2040. The van der Waals surface area contributed by atoms with Crippen LogP contribution in [0.2, 0.25) is 0 Å². The zero-order chi connectivity index (χ0) is 28.3. The summed E-state index contributed by atoms with van der Waals surface area (Å²) in [5.41, 5.74) is 27.4. The second kappa shape index (κ2) is 9.44. The number of allylic oxidation sites excluding steroid dienone is 1. The molecule has 0 heterocycles. The van der Waals surface area contributed by atoms with Gasteiger partial charge in [-0.05, 0) is 85.2 Å². The third kappa shape index (κ3) is 3.49. The Labute approximate surface area is 246 Å². The van der Waals surface area contributed by atoms with E-state index in [2.05, 4.69) is 146 Å². The minimum atomic E-state index is -0.897. The van der Waals surface area contributed by atoms with Crippen LogP contribution in [-0.4, -0.2) is 0 Å². The van der Waals surface area contributed by atoms with E-state index in [0.717, 1.165) is 62.0 Å². The highest BCUT2D eigenvalue weighted by atomic mass is 14.8. The Morgan fingerprint density at radius 3 is 1.79 bits per heavy atom. The second-order valence-corrected chi connectivity index (χ2v) is 11.3. The van der Waals surface area contributed by atoms with Gasteiger partial charge in [-0.15, -0.1) is 0 Å². The number of nitrogens with two attached hydrogens (primary N) is 2. The summed E-state index contributed by atoms with van der Waals surface area (Å²) in [7, 11) is 0. The molecule has 2 aliphatic carbocycles. The molecule has 6 aromatic carbocycles. The predicted octanol–water partition coefficient (Wildman–Crippen LogP) is 8.86. The van der Waals surface area contributed by atoms with Gasteiger partial charge in [-0.3, -0.25) is 0 Å². The van der Waals surface area contributed by atoms with Crippen LogP contribution in [0.5, 0.6) is 0 Å². The average Bonchev–Trinajstić information content (AvgIpc) is 3.06. The molecule has 42 heavy (non-hydrogen) atoms. The van der Waals surface area contributed by atoms with Gasteiger partial charge >= 0.3 is 0 Å². The van der Waals surface area contributed by atoms with Gasteiger partial charge in [0, 0.05) is 11.1 Å². The molecule has 4 N–H and O–H groups in total. The summed E-state index contributed by atoms with van der Waals surface area (Å²) in [6, 6.07) is 49.3. The average molecular weight is 539 g/mol. The maximum atomic E-state index is 7.94. The molecule has 2 aliphatic rings. The van der Waals surface area contributed by atoms with Gasteiger partial charge in [0.25, 0.3) is 0 Å². The van der Waals surface area contributed by atoms with Crippen LogP contribution in [-0.2, 0) is 12.0 Å². The van der Waals surface area contributed by atoms with E-state index in [1.54, 1.807) is 0 Å². The Morgan fingerprint density at radius 2 is 1.14 bits per heavy atom. The van der Waals surface area contributed by atoms with Crippen molar-refractivity contribution in [1.29, 1.82) is 0 Å². The molecule has 1 unspecified atom stereocenters. The summed E-state index contributed by atoms with van der Waals surface area (Å²) in [4.78, 5) is 0. The molecule has 0 amide bonds. The third-order valence-electron chi connectivity index (χ3n) is 8.98. The molecule has 0 saturated heterocycles. The summed E-state index contributed by atoms with van der Waals surface area (Å²) in [6.07, 6.45) is 3.17. The lowest BCUT2D eigenvalue weighted by molar-refractivity contribution is 0.750.